The Hall–Kier alpha value is -2.67. The average Bonchev–Trinajstić information content (AvgIpc) is 2.63. The number of nitrogens with one attached hydrogen (secondary N) is 1. The summed E-state index contributed by atoms with van der Waals surface area (Å²) in [5.74, 6) is 0.0313. The van der Waals surface area contributed by atoms with Crippen molar-refractivity contribution in [3.8, 4) is 5.75 Å². The first-order valence-corrected chi connectivity index (χ1v) is 10.3. The van der Waals surface area contributed by atoms with Crippen LogP contribution in [0.4, 0.5) is 5.69 Å². The summed E-state index contributed by atoms with van der Waals surface area (Å²) in [4.78, 5) is 24.5. The van der Waals surface area contributed by atoms with Gasteiger partial charge >= 0.3 is 5.97 Å². The summed E-state index contributed by atoms with van der Waals surface area (Å²) in [6.07, 6.45) is 0.631. The topological polar surface area (TPSA) is 81.7 Å². The van der Waals surface area contributed by atoms with E-state index in [9.17, 15) is 13.8 Å². The Morgan fingerprint density at radius 2 is 1.85 bits per heavy atom. The van der Waals surface area contributed by atoms with E-state index in [4.69, 9.17) is 9.47 Å². The molecule has 0 heterocycles. The molecule has 0 aromatic heterocycles. The fraction of sp³-hybridized carbons (Fsp3) is 0.300. The summed E-state index contributed by atoms with van der Waals surface area (Å²) in [7, 11) is -1.01. The number of rotatable bonds is 8. The Morgan fingerprint density at radius 3 is 2.48 bits per heavy atom. The minimum atomic E-state index is -1.01. The monoisotopic (exact) mass is 389 g/mol. The van der Waals surface area contributed by atoms with Gasteiger partial charge in [-0.3, -0.25) is 9.00 Å². The van der Waals surface area contributed by atoms with Gasteiger partial charge in [-0.25, -0.2) is 4.79 Å². The van der Waals surface area contributed by atoms with Crippen molar-refractivity contribution in [3.63, 3.8) is 0 Å². The third kappa shape index (κ3) is 6.53. The van der Waals surface area contributed by atoms with Crippen LogP contribution in [0.1, 0.15) is 29.8 Å². The van der Waals surface area contributed by atoms with Gasteiger partial charge in [-0.05, 0) is 55.8 Å². The van der Waals surface area contributed by atoms with E-state index in [1.165, 1.54) is 6.92 Å². The van der Waals surface area contributed by atoms with Crippen LogP contribution in [0.25, 0.3) is 0 Å². The maximum Gasteiger partial charge on any atom is 0.338 e. The molecule has 1 N–H and O–H groups in total. The van der Waals surface area contributed by atoms with Gasteiger partial charge in [-0.1, -0.05) is 12.1 Å². The molecule has 0 spiro atoms. The predicted octanol–water partition coefficient (Wildman–Crippen LogP) is 3.15. The number of benzene rings is 2. The summed E-state index contributed by atoms with van der Waals surface area (Å²) in [6, 6.07) is 13.6. The highest BCUT2D eigenvalue weighted by atomic mass is 32.2. The molecule has 2 aromatic carbocycles. The van der Waals surface area contributed by atoms with Crippen LogP contribution in [0.5, 0.6) is 5.75 Å². The first kappa shape index (κ1) is 20.6. The van der Waals surface area contributed by atoms with Crippen LogP contribution < -0.4 is 10.1 Å². The molecule has 144 valence electrons. The van der Waals surface area contributed by atoms with E-state index < -0.39 is 28.8 Å². The molecule has 2 unspecified atom stereocenters. The van der Waals surface area contributed by atoms with Gasteiger partial charge in [0.15, 0.2) is 6.10 Å². The summed E-state index contributed by atoms with van der Waals surface area (Å²) in [5, 5.41) is 2.69. The van der Waals surface area contributed by atoms with Crippen LogP contribution in [-0.2, 0) is 26.1 Å². The van der Waals surface area contributed by atoms with E-state index in [2.05, 4.69) is 5.32 Å². The molecule has 0 aliphatic heterocycles. The smallest absolute Gasteiger partial charge is 0.338 e. The molecule has 6 nitrogen and oxygen atoms in total. The number of carbonyl (C=O) groups is 2. The highest BCUT2D eigenvalue weighted by Gasteiger charge is 2.19. The summed E-state index contributed by atoms with van der Waals surface area (Å²) >= 11 is 0. The Morgan fingerprint density at radius 1 is 1.15 bits per heavy atom. The lowest BCUT2D eigenvalue weighted by atomic mass is 10.1. The summed E-state index contributed by atoms with van der Waals surface area (Å²) in [5.41, 5.74) is 1.68. The van der Waals surface area contributed by atoms with Crippen LogP contribution in [0.3, 0.4) is 0 Å². The SMILES string of the molecule is CCOc1ccc(NC(=O)C(C)OC(=O)c2cccc(CS(C)=O)c2)cc1. The maximum absolute atomic E-state index is 12.3. The lowest BCUT2D eigenvalue weighted by Gasteiger charge is -2.14. The average molecular weight is 389 g/mol. The second-order valence-electron chi connectivity index (χ2n) is 5.91. The van der Waals surface area contributed by atoms with Gasteiger partial charge < -0.3 is 14.8 Å². The zero-order valence-corrected chi connectivity index (χ0v) is 16.4. The molecular formula is C20H23NO5S. The van der Waals surface area contributed by atoms with Gasteiger partial charge in [0, 0.05) is 28.5 Å². The molecule has 7 heteroatoms. The molecule has 1 amide bonds. The van der Waals surface area contributed by atoms with Gasteiger partial charge in [0.2, 0.25) is 0 Å². The van der Waals surface area contributed by atoms with E-state index in [0.717, 1.165) is 5.56 Å². The molecule has 0 aliphatic rings. The number of amides is 1. The molecular weight excluding hydrogens is 366 g/mol. The van der Waals surface area contributed by atoms with Crippen molar-refractivity contribution in [1.82, 2.24) is 0 Å². The van der Waals surface area contributed by atoms with Gasteiger partial charge in [-0.15, -0.1) is 0 Å². The van der Waals surface area contributed by atoms with Crippen molar-refractivity contribution in [2.24, 2.45) is 0 Å². The molecule has 0 bridgehead atoms. The number of hydrogen-bond donors (Lipinski definition) is 1. The largest absolute Gasteiger partial charge is 0.494 e. The minimum absolute atomic E-state index is 0.318. The van der Waals surface area contributed by atoms with Crippen molar-refractivity contribution >= 4 is 28.4 Å². The normalized spacial score (nSPS) is 12.7. The highest BCUT2D eigenvalue weighted by Crippen LogP contribution is 2.16. The van der Waals surface area contributed by atoms with Crippen molar-refractivity contribution < 1.29 is 23.3 Å². The van der Waals surface area contributed by atoms with Gasteiger partial charge in [0.05, 0.1) is 12.2 Å². The van der Waals surface area contributed by atoms with E-state index in [1.807, 2.05) is 6.92 Å². The van der Waals surface area contributed by atoms with Gasteiger partial charge in [-0.2, -0.15) is 0 Å². The third-order valence-corrected chi connectivity index (χ3v) is 4.36. The fourth-order valence-corrected chi connectivity index (χ4v) is 3.00. The molecule has 0 saturated heterocycles. The van der Waals surface area contributed by atoms with E-state index in [-0.39, 0.29) is 0 Å². The standard InChI is InChI=1S/C20H23NO5S/c1-4-25-18-10-8-17(9-11-18)21-19(22)14(2)26-20(23)16-7-5-6-15(12-16)13-27(3)24/h5-12,14H,4,13H2,1-3H3,(H,21,22). The summed E-state index contributed by atoms with van der Waals surface area (Å²) in [6.45, 7) is 3.96. The molecule has 2 aromatic rings. The lowest BCUT2D eigenvalue weighted by Crippen LogP contribution is -2.30. The minimum Gasteiger partial charge on any atom is -0.494 e. The molecule has 0 aliphatic carbocycles. The second-order valence-corrected chi connectivity index (χ2v) is 7.35. The predicted molar refractivity (Wildman–Crippen MR) is 105 cm³/mol. The Bertz CT molecular complexity index is 819. The van der Waals surface area contributed by atoms with Crippen LogP contribution in [0, 0.1) is 0 Å². The molecule has 27 heavy (non-hydrogen) atoms. The third-order valence-electron chi connectivity index (χ3n) is 3.62. The van der Waals surface area contributed by atoms with Crippen LogP contribution in [0.2, 0.25) is 0 Å². The quantitative estimate of drug-likeness (QED) is 0.702. The zero-order chi connectivity index (χ0) is 19.8. The fourth-order valence-electron chi connectivity index (χ4n) is 2.35. The van der Waals surface area contributed by atoms with Crippen molar-refractivity contribution in [3.05, 3.63) is 59.7 Å². The first-order chi connectivity index (χ1) is 12.9. The molecule has 0 fully saturated rings. The van der Waals surface area contributed by atoms with Crippen molar-refractivity contribution in [2.75, 3.05) is 18.2 Å². The molecule has 2 rings (SSSR count). The number of anilines is 1. The Balaban J connectivity index is 1.95. The van der Waals surface area contributed by atoms with Crippen LogP contribution in [0.15, 0.2) is 48.5 Å². The maximum atomic E-state index is 12.3. The van der Waals surface area contributed by atoms with Crippen molar-refractivity contribution in [2.45, 2.75) is 25.7 Å². The number of ether oxygens (including phenoxy) is 2. The second kappa shape index (κ2) is 9.87. The van der Waals surface area contributed by atoms with Crippen molar-refractivity contribution in [1.29, 1.82) is 0 Å². The van der Waals surface area contributed by atoms with E-state index >= 15 is 0 Å². The number of esters is 1. The number of carbonyl (C=O) groups excluding carboxylic acids is 2. The van der Waals surface area contributed by atoms with Gasteiger partial charge in [0.25, 0.3) is 5.91 Å². The van der Waals surface area contributed by atoms with Crippen LogP contribution in [-0.4, -0.2) is 35.1 Å². The summed E-state index contributed by atoms with van der Waals surface area (Å²) < 4.78 is 21.9. The van der Waals surface area contributed by atoms with Gasteiger partial charge in [0.1, 0.15) is 5.75 Å². The molecule has 0 saturated carbocycles. The van der Waals surface area contributed by atoms with Crippen LogP contribution >= 0.6 is 0 Å². The Labute approximate surface area is 161 Å². The molecule has 2 atom stereocenters. The lowest BCUT2D eigenvalue weighted by molar-refractivity contribution is -0.123. The molecule has 0 radical (unpaired) electrons. The zero-order valence-electron chi connectivity index (χ0n) is 15.6. The Kier molecular flexibility index (Phi) is 7.55. The highest BCUT2D eigenvalue weighted by molar-refractivity contribution is 7.83. The van der Waals surface area contributed by atoms with E-state index in [0.29, 0.717) is 29.4 Å². The van der Waals surface area contributed by atoms with E-state index in [1.54, 1.807) is 54.8 Å². The first-order valence-electron chi connectivity index (χ1n) is 8.52. The number of hydrogen-bond acceptors (Lipinski definition) is 5.